The lowest BCUT2D eigenvalue weighted by Gasteiger charge is -2.24. The van der Waals surface area contributed by atoms with Gasteiger partial charge < -0.3 is 14.7 Å². The Balaban J connectivity index is 0.00000161. The Morgan fingerprint density at radius 2 is 2.29 bits per heavy atom. The molecule has 1 saturated heterocycles. The largest absolute Gasteiger partial charge is 0.356 e. The summed E-state index contributed by atoms with van der Waals surface area (Å²) in [6.07, 6.45) is 2.47. The van der Waals surface area contributed by atoms with Gasteiger partial charge in [-0.15, -0.1) is 12.4 Å². The molecule has 5 nitrogen and oxygen atoms in total. The van der Waals surface area contributed by atoms with Crippen LogP contribution in [0.2, 0.25) is 0 Å². The van der Waals surface area contributed by atoms with Gasteiger partial charge in [-0.25, -0.2) is 0 Å². The van der Waals surface area contributed by atoms with Crippen molar-refractivity contribution in [2.45, 2.75) is 25.3 Å². The molecule has 1 aliphatic rings. The van der Waals surface area contributed by atoms with E-state index in [4.69, 9.17) is 4.52 Å². The summed E-state index contributed by atoms with van der Waals surface area (Å²) in [6, 6.07) is 7.97. The van der Waals surface area contributed by atoms with Crippen LogP contribution in [0.3, 0.4) is 0 Å². The van der Waals surface area contributed by atoms with Gasteiger partial charge in [-0.2, -0.15) is 0 Å². The number of rotatable bonds is 4. The molecule has 1 N–H and O–H groups in total. The molecular formula is C15H20ClN3O2. The zero-order chi connectivity index (χ0) is 13.9. The minimum atomic E-state index is 0. The molecule has 21 heavy (non-hydrogen) atoms. The maximum Gasteiger partial charge on any atom is 0.229 e. The molecule has 1 fully saturated rings. The molecule has 1 unspecified atom stereocenters. The number of halogens is 1. The van der Waals surface area contributed by atoms with Gasteiger partial charge in [0.2, 0.25) is 5.91 Å². The van der Waals surface area contributed by atoms with Crippen LogP contribution in [-0.4, -0.2) is 42.1 Å². The predicted octanol–water partition coefficient (Wildman–Crippen LogP) is 2.00. The third kappa shape index (κ3) is 3.19. The number of benzene rings is 1. The molecule has 0 radical (unpaired) electrons. The summed E-state index contributed by atoms with van der Waals surface area (Å²) in [4.78, 5) is 14.4. The number of hydrogen-bond acceptors (Lipinski definition) is 4. The number of aromatic nitrogens is 1. The summed E-state index contributed by atoms with van der Waals surface area (Å²) >= 11 is 0. The van der Waals surface area contributed by atoms with Crippen LogP contribution in [0.4, 0.5) is 0 Å². The molecular weight excluding hydrogens is 290 g/mol. The lowest BCUT2D eigenvalue weighted by molar-refractivity contribution is -0.131. The van der Waals surface area contributed by atoms with E-state index in [2.05, 4.69) is 10.5 Å². The van der Waals surface area contributed by atoms with Crippen molar-refractivity contribution in [2.75, 3.05) is 20.1 Å². The minimum absolute atomic E-state index is 0. The molecule has 0 saturated carbocycles. The zero-order valence-corrected chi connectivity index (χ0v) is 12.9. The second kappa shape index (κ2) is 6.91. The van der Waals surface area contributed by atoms with E-state index in [1.54, 1.807) is 0 Å². The third-order valence-electron chi connectivity index (χ3n) is 3.91. The van der Waals surface area contributed by atoms with Gasteiger partial charge in [0.1, 0.15) is 5.69 Å². The molecule has 1 atom stereocenters. The van der Waals surface area contributed by atoms with Gasteiger partial charge in [0.15, 0.2) is 5.58 Å². The lowest BCUT2D eigenvalue weighted by atomic mass is 10.1. The van der Waals surface area contributed by atoms with Crippen molar-refractivity contribution in [3.63, 3.8) is 0 Å². The van der Waals surface area contributed by atoms with E-state index in [0.29, 0.717) is 12.5 Å². The molecule has 1 aromatic carbocycles. The van der Waals surface area contributed by atoms with Crippen molar-refractivity contribution >= 4 is 29.3 Å². The molecule has 1 amide bonds. The van der Waals surface area contributed by atoms with Crippen molar-refractivity contribution in [2.24, 2.45) is 0 Å². The van der Waals surface area contributed by atoms with Gasteiger partial charge in [0, 0.05) is 24.5 Å². The fourth-order valence-electron chi connectivity index (χ4n) is 2.92. The highest BCUT2D eigenvalue weighted by molar-refractivity contribution is 5.86. The highest BCUT2D eigenvalue weighted by atomic mass is 35.5. The first-order valence-corrected chi connectivity index (χ1v) is 7.07. The number of para-hydroxylation sites is 1. The summed E-state index contributed by atoms with van der Waals surface area (Å²) in [6.45, 7) is 1.70. The highest BCUT2D eigenvalue weighted by Gasteiger charge is 2.28. The Labute approximate surface area is 130 Å². The summed E-state index contributed by atoms with van der Waals surface area (Å²) in [7, 11) is 1.92. The number of fused-ring (bicyclic) bond motifs is 1. The number of likely N-dealkylation sites (tertiary alicyclic amines) is 1. The van der Waals surface area contributed by atoms with Crippen LogP contribution < -0.4 is 5.32 Å². The van der Waals surface area contributed by atoms with Crippen LogP contribution >= 0.6 is 12.4 Å². The van der Waals surface area contributed by atoms with E-state index in [1.807, 2.05) is 36.2 Å². The Bertz CT molecular complexity index is 614. The molecule has 0 bridgehead atoms. The Kier molecular flexibility index (Phi) is 5.20. The van der Waals surface area contributed by atoms with Crippen LogP contribution in [0.5, 0.6) is 0 Å². The van der Waals surface area contributed by atoms with Gasteiger partial charge in [-0.1, -0.05) is 17.3 Å². The molecule has 0 spiro atoms. The molecule has 2 heterocycles. The lowest BCUT2D eigenvalue weighted by Crippen LogP contribution is -2.41. The van der Waals surface area contributed by atoms with E-state index in [-0.39, 0.29) is 18.3 Å². The Morgan fingerprint density at radius 3 is 3.10 bits per heavy atom. The third-order valence-corrected chi connectivity index (χ3v) is 3.91. The zero-order valence-electron chi connectivity index (χ0n) is 12.0. The first-order valence-electron chi connectivity index (χ1n) is 7.07. The quantitative estimate of drug-likeness (QED) is 0.938. The van der Waals surface area contributed by atoms with Crippen LogP contribution in [0.25, 0.3) is 11.0 Å². The second-order valence-electron chi connectivity index (χ2n) is 5.24. The average molecular weight is 310 g/mol. The molecule has 0 aliphatic carbocycles. The maximum atomic E-state index is 12.5. The van der Waals surface area contributed by atoms with E-state index in [0.717, 1.165) is 42.6 Å². The van der Waals surface area contributed by atoms with Crippen molar-refractivity contribution in [1.82, 2.24) is 15.4 Å². The minimum Gasteiger partial charge on any atom is -0.356 e. The van der Waals surface area contributed by atoms with Crippen LogP contribution in [0.1, 0.15) is 18.5 Å². The second-order valence-corrected chi connectivity index (χ2v) is 5.24. The Hall–Kier alpha value is -1.59. The number of likely N-dealkylation sites (N-methyl/N-ethyl adjacent to an activating group) is 1. The topological polar surface area (TPSA) is 58.4 Å². The number of carbonyl (C=O) groups excluding carboxylic acids is 1. The normalized spacial score (nSPS) is 18.0. The number of amides is 1. The van der Waals surface area contributed by atoms with Gasteiger partial charge in [0.25, 0.3) is 0 Å². The van der Waals surface area contributed by atoms with E-state index in [1.165, 1.54) is 0 Å². The number of nitrogens with one attached hydrogen (secondary N) is 1. The molecule has 3 rings (SSSR count). The molecule has 2 aromatic rings. The molecule has 1 aliphatic heterocycles. The van der Waals surface area contributed by atoms with Gasteiger partial charge >= 0.3 is 0 Å². The van der Waals surface area contributed by atoms with Gasteiger partial charge in [-0.3, -0.25) is 4.79 Å². The number of carbonyl (C=O) groups is 1. The monoisotopic (exact) mass is 309 g/mol. The fourth-order valence-corrected chi connectivity index (χ4v) is 2.92. The van der Waals surface area contributed by atoms with Crippen molar-refractivity contribution in [1.29, 1.82) is 0 Å². The smallest absolute Gasteiger partial charge is 0.229 e. The van der Waals surface area contributed by atoms with Crippen LogP contribution in [0, 0.1) is 0 Å². The number of nitrogens with zero attached hydrogens (tertiary/aromatic N) is 2. The summed E-state index contributed by atoms with van der Waals surface area (Å²) in [5, 5.41) is 8.13. The van der Waals surface area contributed by atoms with E-state index in [9.17, 15) is 4.79 Å². The van der Waals surface area contributed by atoms with E-state index < -0.39 is 0 Å². The first-order chi connectivity index (χ1) is 9.79. The predicted molar refractivity (Wildman–Crippen MR) is 83.6 cm³/mol. The Morgan fingerprint density at radius 1 is 1.48 bits per heavy atom. The highest BCUT2D eigenvalue weighted by Crippen LogP contribution is 2.21. The van der Waals surface area contributed by atoms with Crippen molar-refractivity contribution < 1.29 is 9.32 Å². The molecule has 114 valence electrons. The fraction of sp³-hybridized carbons (Fsp3) is 0.467. The molecule has 1 aromatic heterocycles. The molecule has 6 heteroatoms. The van der Waals surface area contributed by atoms with Gasteiger partial charge in [-0.05, 0) is 32.0 Å². The van der Waals surface area contributed by atoms with Gasteiger partial charge in [0.05, 0.1) is 6.42 Å². The van der Waals surface area contributed by atoms with Crippen molar-refractivity contribution in [3.8, 4) is 0 Å². The summed E-state index contributed by atoms with van der Waals surface area (Å²) < 4.78 is 5.25. The number of hydrogen-bond donors (Lipinski definition) is 1. The standard InChI is InChI=1S/C15H19N3O2.ClH/c1-16-10-11-5-4-8-18(11)15(19)9-13-12-6-2-3-7-14(12)20-17-13;/h2-3,6-7,11,16H,4-5,8-10H2,1H3;1H. The first kappa shape index (κ1) is 15.8. The summed E-state index contributed by atoms with van der Waals surface area (Å²) in [5.41, 5.74) is 1.48. The van der Waals surface area contributed by atoms with Crippen LogP contribution in [0.15, 0.2) is 28.8 Å². The SMILES string of the molecule is CNCC1CCCN1C(=O)Cc1noc2ccccc12.Cl. The van der Waals surface area contributed by atoms with Crippen LogP contribution in [-0.2, 0) is 11.2 Å². The van der Waals surface area contributed by atoms with E-state index >= 15 is 0 Å². The summed E-state index contributed by atoms with van der Waals surface area (Å²) in [5.74, 6) is 0.141. The van der Waals surface area contributed by atoms with Crippen molar-refractivity contribution in [3.05, 3.63) is 30.0 Å². The average Bonchev–Trinajstić information content (AvgIpc) is 3.07. The maximum absolute atomic E-state index is 12.5.